The van der Waals surface area contributed by atoms with Crippen molar-refractivity contribution in [3.05, 3.63) is 132 Å². The van der Waals surface area contributed by atoms with Crippen molar-refractivity contribution in [3.63, 3.8) is 0 Å². The van der Waals surface area contributed by atoms with E-state index in [0.717, 1.165) is 38.6 Å². The number of oxazole rings is 1. The normalized spacial score (nSPS) is 11.5. The van der Waals surface area contributed by atoms with Crippen molar-refractivity contribution in [3.8, 4) is 44.8 Å². The van der Waals surface area contributed by atoms with Crippen molar-refractivity contribution in [1.29, 1.82) is 0 Å². The second-order valence-electron chi connectivity index (χ2n) is 9.72. The van der Waals surface area contributed by atoms with Crippen LogP contribution in [-0.2, 0) is 0 Å². The standard InChI is InChI=1S/C34H17F5N2O/c35-28-27(29(36)31(38)32(39)30(28)37)20-7-3-18(4-8-20)22-11-13-25-17-23(12-14-24(25)16-22)19-5-9-21(10-6-19)34-41-33-26(42-34)2-1-15-40-33/h1-17H. The van der Waals surface area contributed by atoms with Gasteiger partial charge in [0.25, 0.3) is 0 Å². The monoisotopic (exact) mass is 564 g/mol. The molecular formula is C34H17F5N2O. The first-order valence-corrected chi connectivity index (χ1v) is 12.9. The Morgan fingerprint density at radius 3 is 1.50 bits per heavy atom. The van der Waals surface area contributed by atoms with E-state index in [1.54, 1.807) is 24.4 Å². The summed E-state index contributed by atoms with van der Waals surface area (Å²) in [5, 5.41) is 1.97. The first-order chi connectivity index (χ1) is 20.4. The molecule has 0 saturated heterocycles. The van der Waals surface area contributed by atoms with Gasteiger partial charge < -0.3 is 4.42 Å². The van der Waals surface area contributed by atoms with Gasteiger partial charge in [-0.05, 0) is 75.0 Å². The minimum absolute atomic E-state index is 0.115. The number of hydrogen-bond donors (Lipinski definition) is 0. The predicted molar refractivity (Wildman–Crippen MR) is 151 cm³/mol. The molecular weight excluding hydrogens is 547 g/mol. The smallest absolute Gasteiger partial charge is 0.228 e. The van der Waals surface area contributed by atoms with Gasteiger partial charge in [0.15, 0.2) is 34.5 Å². The Balaban J connectivity index is 1.15. The minimum Gasteiger partial charge on any atom is -0.434 e. The Hall–Kier alpha value is -5.37. The van der Waals surface area contributed by atoms with Crippen LogP contribution in [0, 0.1) is 29.1 Å². The Morgan fingerprint density at radius 2 is 0.952 bits per heavy atom. The van der Waals surface area contributed by atoms with E-state index in [2.05, 4.69) is 16.0 Å². The van der Waals surface area contributed by atoms with Gasteiger partial charge in [-0.3, -0.25) is 0 Å². The summed E-state index contributed by atoms with van der Waals surface area (Å²) in [6.07, 6.45) is 1.67. The number of fused-ring (bicyclic) bond motifs is 2. The molecule has 0 atom stereocenters. The summed E-state index contributed by atoms with van der Waals surface area (Å²) in [6.45, 7) is 0. The highest BCUT2D eigenvalue weighted by molar-refractivity contribution is 5.91. The zero-order valence-corrected chi connectivity index (χ0v) is 21.5. The largest absolute Gasteiger partial charge is 0.434 e. The molecule has 0 unspecified atom stereocenters. The van der Waals surface area contributed by atoms with Crippen molar-refractivity contribution < 1.29 is 26.4 Å². The lowest BCUT2D eigenvalue weighted by Gasteiger charge is -2.10. The molecule has 0 N–H and O–H groups in total. The van der Waals surface area contributed by atoms with Gasteiger partial charge in [0.1, 0.15) is 0 Å². The highest BCUT2D eigenvalue weighted by Gasteiger charge is 2.26. The molecule has 0 radical (unpaired) electrons. The van der Waals surface area contributed by atoms with E-state index in [4.69, 9.17) is 4.42 Å². The molecule has 2 aromatic heterocycles. The van der Waals surface area contributed by atoms with Crippen LogP contribution in [0.3, 0.4) is 0 Å². The molecule has 0 fully saturated rings. The van der Waals surface area contributed by atoms with Crippen molar-refractivity contribution in [2.75, 3.05) is 0 Å². The van der Waals surface area contributed by atoms with E-state index < -0.39 is 34.6 Å². The Kier molecular flexibility index (Phi) is 6.04. The van der Waals surface area contributed by atoms with Crippen molar-refractivity contribution in [2.45, 2.75) is 0 Å². The molecule has 2 heterocycles. The van der Waals surface area contributed by atoms with Gasteiger partial charge >= 0.3 is 0 Å². The van der Waals surface area contributed by atoms with Crippen LogP contribution in [0.25, 0.3) is 66.8 Å². The third kappa shape index (κ3) is 4.28. The maximum Gasteiger partial charge on any atom is 0.228 e. The Morgan fingerprint density at radius 1 is 0.476 bits per heavy atom. The molecule has 0 amide bonds. The lowest BCUT2D eigenvalue weighted by atomic mass is 9.96. The fourth-order valence-electron chi connectivity index (χ4n) is 4.99. The van der Waals surface area contributed by atoms with Crippen LogP contribution in [0.1, 0.15) is 0 Å². The maximum absolute atomic E-state index is 14.2. The van der Waals surface area contributed by atoms with E-state index in [-0.39, 0.29) is 5.56 Å². The van der Waals surface area contributed by atoms with Crippen LogP contribution >= 0.6 is 0 Å². The zero-order valence-electron chi connectivity index (χ0n) is 21.5. The fourth-order valence-corrected chi connectivity index (χ4v) is 4.99. The Bertz CT molecular complexity index is 2080. The van der Waals surface area contributed by atoms with Crippen LogP contribution < -0.4 is 0 Å². The molecule has 7 rings (SSSR count). The summed E-state index contributed by atoms with van der Waals surface area (Å²) >= 11 is 0. The average Bonchev–Trinajstić information content (AvgIpc) is 3.47. The summed E-state index contributed by atoms with van der Waals surface area (Å²) in [6, 6.07) is 29.3. The van der Waals surface area contributed by atoms with E-state index in [1.165, 1.54) is 12.1 Å². The van der Waals surface area contributed by atoms with E-state index in [0.29, 0.717) is 17.1 Å². The maximum atomic E-state index is 14.2. The molecule has 0 aliphatic rings. The Labute approximate surface area is 235 Å². The van der Waals surface area contributed by atoms with Gasteiger partial charge in [0.05, 0.1) is 5.56 Å². The predicted octanol–water partition coefficient (Wildman–Crippen LogP) is 9.74. The van der Waals surface area contributed by atoms with Crippen molar-refractivity contribution >= 4 is 22.0 Å². The number of pyridine rings is 1. The third-order valence-electron chi connectivity index (χ3n) is 7.19. The molecule has 0 bridgehead atoms. The minimum atomic E-state index is -2.18. The average molecular weight is 565 g/mol. The van der Waals surface area contributed by atoms with Gasteiger partial charge in [0.2, 0.25) is 11.7 Å². The van der Waals surface area contributed by atoms with Crippen LogP contribution in [0.4, 0.5) is 22.0 Å². The first-order valence-electron chi connectivity index (χ1n) is 12.9. The number of benzene rings is 5. The summed E-state index contributed by atoms with van der Waals surface area (Å²) < 4.78 is 75.1. The topological polar surface area (TPSA) is 38.9 Å². The first kappa shape index (κ1) is 25.6. The molecule has 0 saturated carbocycles. The van der Waals surface area contributed by atoms with Gasteiger partial charge in [-0.1, -0.05) is 60.7 Å². The number of aromatic nitrogens is 2. The SMILES string of the molecule is Fc1c(F)c(F)c(-c2ccc(-c3ccc4cc(-c5ccc(-c6nc7ncccc7o6)cc5)ccc4c3)cc2)c(F)c1F. The second kappa shape index (κ2) is 9.92. The van der Waals surface area contributed by atoms with Crippen LogP contribution in [-0.4, -0.2) is 9.97 Å². The molecule has 8 heteroatoms. The molecule has 3 nitrogen and oxygen atoms in total. The summed E-state index contributed by atoms with van der Waals surface area (Å²) in [5.74, 6) is -9.35. The van der Waals surface area contributed by atoms with Gasteiger partial charge in [-0.2, -0.15) is 4.98 Å². The summed E-state index contributed by atoms with van der Waals surface area (Å²) in [5.41, 5.74) is 4.55. The molecule has 204 valence electrons. The lowest BCUT2D eigenvalue weighted by Crippen LogP contribution is -2.03. The summed E-state index contributed by atoms with van der Waals surface area (Å²) in [7, 11) is 0. The van der Waals surface area contributed by atoms with Crippen LogP contribution in [0.5, 0.6) is 0 Å². The molecule has 0 aliphatic carbocycles. The highest BCUT2D eigenvalue weighted by Crippen LogP contribution is 2.34. The molecule has 7 aromatic rings. The quantitative estimate of drug-likeness (QED) is 0.121. The van der Waals surface area contributed by atoms with E-state index in [9.17, 15) is 22.0 Å². The zero-order chi connectivity index (χ0) is 29.0. The molecule has 0 aliphatic heterocycles. The fraction of sp³-hybridized carbons (Fsp3) is 0. The molecule has 0 spiro atoms. The molecule has 5 aromatic carbocycles. The number of nitrogens with zero attached hydrogens (tertiary/aromatic N) is 2. The van der Waals surface area contributed by atoms with Gasteiger partial charge in [0, 0.05) is 11.8 Å². The molecule has 42 heavy (non-hydrogen) atoms. The van der Waals surface area contributed by atoms with Gasteiger partial charge in [-0.15, -0.1) is 0 Å². The number of rotatable bonds is 4. The van der Waals surface area contributed by atoms with E-state index in [1.807, 2.05) is 60.7 Å². The van der Waals surface area contributed by atoms with Crippen LogP contribution in [0.15, 0.2) is 108 Å². The number of hydrogen-bond acceptors (Lipinski definition) is 3. The van der Waals surface area contributed by atoms with E-state index >= 15 is 0 Å². The van der Waals surface area contributed by atoms with Crippen LogP contribution in [0.2, 0.25) is 0 Å². The summed E-state index contributed by atoms with van der Waals surface area (Å²) in [4.78, 5) is 8.65. The lowest BCUT2D eigenvalue weighted by molar-refractivity contribution is 0.381. The van der Waals surface area contributed by atoms with Crippen molar-refractivity contribution in [2.24, 2.45) is 0 Å². The highest BCUT2D eigenvalue weighted by atomic mass is 19.2. The van der Waals surface area contributed by atoms with Crippen molar-refractivity contribution in [1.82, 2.24) is 9.97 Å². The third-order valence-corrected chi connectivity index (χ3v) is 7.19. The van der Waals surface area contributed by atoms with Gasteiger partial charge in [-0.25, -0.2) is 26.9 Å². The number of halogens is 5. The second-order valence-corrected chi connectivity index (χ2v) is 9.72.